The van der Waals surface area contributed by atoms with Crippen molar-refractivity contribution in [2.45, 2.75) is 23.3 Å². The number of methoxy groups -OCH3 is 1. The molecule has 0 unspecified atom stereocenters. The van der Waals surface area contributed by atoms with Crippen LogP contribution in [0.2, 0.25) is 0 Å². The van der Waals surface area contributed by atoms with Gasteiger partial charge in [-0.25, -0.2) is 16.8 Å². The van der Waals surface area contributed by atoms with Gasteiger partial charge in [0, 0.05) is 19.6 Å². The van der Waals surface area contributed by atoms with Gasteiger partial charge < -0.3 is 14.8 Å². The Bertz CT molecular complexity index is 1500. The Morgan fingerprint density at radius 3 is 2.28 bits per heavy atom. The Labute approximate surface area is 229 Å². The van der Waals surface area contributed by atoms with Crippen LogP contribution in [0.3, 0.4) is 0 Å². The molecule has 4 rings (SSSR count). The lowest BCUT2D eigenvalue weighted by molar-refractivity contribution is -0.119. The van der Waals surface area contributed by atoms with Gasteiger partial charge in [-0.15, -0.1) is 0 Å². The van der Waals surface area contributed by atoms with E-state index in [9.17, 15) is 21.6 Å². The van der Waals surface area contributed by atoms with E-state index in [4.69, 9.17) is 9.47 Å². The highest BCUT2D eigenvalue weighted by atomic mass is 32.2. The van der Waals surface area contributed by atoms with Gasteiger partial charge in [0.25, 0.3) is 10.0 Å². The fourth-order valence-corrected chi connectivity index (χ4v) is 7.19. The number of benzene rings is 3. The minimum Gasteiger partial charge on any atom is -0.495 e. The Morgan fingerprint density at radius 2 is 1.64 bits per heavy atom. The number of aryl methyl sites for hydroxylation is 1. The molecule has 39 heavy (non-hydrogen) atoms. The average molecular weight is 574 g/mol. The van der Waals surface area contributed by atoms with Crippen molar-refractivity contribution in [3.63, 3.8) is 0 Å². The van der Waals surface area contributed by atoms with Crippen LogP contribution in [0.1, 0.15) is 11.1 Å². The second-order valence-corrected chi connectivity index (χ2v) is 12.7. The Kier molecular flexibility index (Phi) is 8.90. The third kappa shape index (κ3) is 6.59. The lowest BCUT2D eigenvalue weighted by Gasteiger charge is -2.26. The summed E-state index contributed by atoms with van der Waals surface area (Å²) in [6.45, 7) is 2.71. The minimum atomic E-state index is -4.16. The van der Waals surface area contributed by atoms with E-state index in [1.165, 1.54) is 29.6 Å². The van der Waals surface area contributed by atoms with Crippen LogP contribution in [0.5, 0.6) is 5.75 Å². The van der Waals surface area contributed by atoms with Crippen molar-refractivity contribution < 1.29 is 31.1 Å². The number of sulfonamides is 2. The maximum atomic E-state index is 13.7. The lowest BCUT2D eigenvalue weighted by atomic mass is 10.2. The second-order valence-electron chi connectivity index (χ2n) is 8.94. The number of hydrogen-bond donors (Lipinski definition) is 1. The smallest absolute Gasteiger partial charge is 0.268 e. The van der Waals surface area contributed by atoms with Crippen molar-refractivity contribution in [1.82, 2.24) is 9.62 Å². The Balaban J connectivity index is 1.49. The first-order valence-corrected chi connectivity index (χ1v) is 15.2. The number of nitrogens with zero attached hydrogens (tertiary/aromatic N) is 2. The molecule has 0 radical (unpaired) electrons. The molecule has 0 spiro atoms. The zero-order valence-corrected chi connectivity index (χ0v) is 23.4. The number of morpholine rings is 1. The predicted octanol–water partition coefficient (Wildman–Crippen LogP) is 2.54. The highest BCUT2D eigenvalue weighted by Gasteiger charge is 2.30. The van der Waals surface area contributed by atoms with Crippen LogP contribution >= 0.6 is 0 Å². The molecule has 0 saturated carbocycles. The van der Waals surface area contributed by atoms with Gasteiger partial charge in [0.15, 0.2) is 0 Å². The number of rotatable bonds is 10. The molecule has 1 heterocycles. The van der Waals surface area contributed by atoms with Gasteiger partial charge >= 0.3 is 0 Å². The van der Waals surface area contributed by atoms with Gasteiger partial charge in [-0.3, -0.25) is 9.10 Å². The fourth-order valence-electron chi connectivity index (χ4n) is 4.12. The first kappa shape index (κ1) is 28.6. The maximum Gasteiger partial charge on any atom is 0.268 e. The molecule has 3 aromatic rings. The highest BCUT2D eigenvalue weighted by molar-refractivity contribution is 7.93. The van der Waals surface area contributed by atoms with Crippen LogP contribution in [0, 0.1) is 6.92 Å². The van der Waals surface area contributed by atoms with Crippen molar-refractivity contribution >= 4 is 31.6 Å². The summed E-state index contributed by atoms with van der Waals surface area (Å²) in [5.41, 5.74) is 1.72. The van der Waals surface area contributed by atoms with Crippen LogP contribution in [0.15, 0.2) is 82.6 Å². The summed E-state index contributed by atoms with van der Waals surface area (Å²) in [5, 5.41) is 2.73. The molecule has 1 aliphatic rings. The van der Waals surface area contributed by atoms with E-state index >= 15 is 0 Å². The number of ether oxygens (including phenoxy) is 2. The molecule has 3 aromatic carbocycles. The molecule has 0 bridgehead atoms. The molecule has 0 aliphatic carbocycles. The summed E-state index contributed by atoms with van der Waals surface area (Å²) in [7, 11) is -6.40. The zero-order chi connectivity index (χ0) is 28.0. The molecule has 0 aromatic heterocycles. The minimum absolute atomic E-state index is 0.0429. The van der Waals surface area contributed by atoms with Crippen LogP contribution < -0.4 is 14.4 Å². The van der Waals surface area contributed by atoms with Crippen LogP contribution in [-0.2, 0) is 36.1 Å². The number of anilines is 1. The predicted molar refractivity (Wildman–Crippen MR) is 147 cm³/mol. The fraction of sp³-hybridized carbons (Fsp3) is 0.296. The molecule has 0 atom stereocenters. The van der Waals surface area contributed by atoms with Gasteiger partial charge in [-0.1, -0.05) is 36.4 Å². The molecule has 1 saturated heterocycles. The van der Waals surface area contributed by atoms with Crippen molar-refractivity contribution in [3.05, 3.63) is 83.9 Å². The molecular formula is C27H31N3O7S2. The molecule has 1 fully saturated rings. The summed E-state index contributed by atoms with van der Waals surface area (Å²) in [4.78, 5) is 13.1. The number of hydrogen-bond acceptors (Lipinski definition) is 7. The van der Waals surface area contributed by atoms with E-state index in [1.807, 2.05) is 0 Å². The average Bonchev–Trinajstić information content (AvgIpc) is 2.96. The van der Waals surface area contributed by atoms with Crippen LogP contribution in [0.25, 0.3) is 0 Å². The summed E-state index contributed by atoms with van der Waals surface area (Å²) in [5.74, 6) is -0.354. The van der Waals surface area contributed by atoms with Crippen molar-refractivity contribution in [2.75, 3.05) is 44.3 Å². The van der Waals surface area contributed by atoms with Gasteiger partial charge in [0.05, 0.1) is 30.9 Å². The summed E-state index contributed by atoms with van der Waals surface area (Å²) < 4.78 is 66.1. The highest BCUT2D eigenvalue weighted by Crippen LogP contribution is 2.30. The molecule has 1 N–H and O–H groups in total. The number of para-hydroxylation sites is 1. The van der Waals surface area contributed by atoms with Crippen LogP contribution in [0.4, 0.5) is 5.69 Å². The molecule has 10 nitrogen and oxygen atoms in total. The Morgan fingerprint density at radius 1 is 0.974 bits per heavy atom. The van der Waals surface area contributed by atoms with Crippen LogP contribution in [-0.4, -0.2) is 67.0 Å². The van der Waals surface area contributed by atoms with Crippen molar-refractivity contribution in [3.8, 4) is 5.75 Å². The summed E-state index contributed by atoms with van der Waals surface area (Å²) in [6, 6.07) is 19.4. The summed E-state index contributed by atoms with van der Waals surface area (Å²) >= 11 is 0. The zero-order valence-electron chi connectivity index (χ0n) is 21.7. The molecule has 12 heteroatoms. The van der Waals surface area contributed by atoms with E-state index in [2.05, 4.69) is 5.32 Å². The van der Waals surface area contributed by atoms with E-state index < -0.39 is 32.5 Å². The largest absolute Gasteiger partial charge is 0.495 e. The number of carbonyl (C=O) groups excluding carboxylic acids is 1. The lowest BCUT2D eigenvalue weighted by Crippen LogP contribution is -2.41. The molecular weight excluding hydrogens is 542 g/mol. The molecule has 1 aliphatic heterocycles. The second kappa shape index (κ2) is 12.2. The third-order valence-electron chi connectivity index (χ3n) is 6.24. The van der Waals surface area contributed by atoms with E-state index in [0.717, 1.165) is 9.87 Å². The van der Waals surface area contributed by atoms with Gasteiger partial charge in [0.2, 0.25) is 15.9 Å². The summed E-state index contributed by atoms with van der Waals surface area (Å²) in [6.07, 6.45) is 0. The van der Waals surface area contributed by atoms with Gasteiger partial charge in [-0.05, 0) is 54.4 Å². The van der Waals surface area contributed by atoms with Gasteiger partial charge in [0.1, 0.15) is 17.2 Å². The monoisotopic (exact) mass is 573 g/mol. The van der Waals surface area contributed by atoms with Crippen molar-refractivity contribution in [2.24, 2.45) is 0 Å². The topological polar surface area (TPSA) is 122 Å². The molecule has 208 valence electrons. The van der Waals surface area contributed by atoms with Crippen molar-refractivity contribution in [1.29, 1.82) is 0 Å². The van der Waals surface area contributed by atoms with Gasteiger partial charge in [-0.2, -0.15) is 4.31 Å². The normalized spacial score (nSPS) is 14.5. The number of carbonyl (C=O) groups is 1. The first-order chi connectivity index (χ1) is 18.6. The maximum absolute atomic E-state index is 13.7. The van der Waals surface area contributed by atoms with E-state index in [0.29, 0.717) is 37.6 Å². The number of amides is 1. The quantitative estimate of drug-likeness (QED) is 0.396. The van der Waals surface area contributed by atoms with E-state index in [-0.39, 0.29) is 22.1 Å². The Hall–Kier alpha value is -3.45. The standard InChI is InChI=1S/C27H31N3O7S2/c1-21-8-13-25(36-2)26(18-21)39(34,35)30(23-6-4-3-5-7-23)20-27(31)28-19-22-9-11-24(12-10-22)38(32,33)29-14-16-37-17-15-29/h3-13,18H,14-17,19-20H2,1-2H3,(H,28,31). The SMILES string of the molecule is COc1ccc(C)cc1S(=O)(=O)N(CC(=O)NCc1ccc(S(=O)(=O)N2CCOCC2)cc1)c1ccccc1. The first-order valence-electron chi connectivity index (χ1n) is 12.3. The third-order valence-corrected chi connectivity index (χ3v) is 9.95. The molecule has 1 amide bonds. The van der Waals surface area contributed by atoms with E-state index in [1.54, 1.807) is 61.5 Å². The number of nitrogens with one attached hydrogen (secondary N) is 1.